The number of amides is 1. The Bertz CT molecular complexity index is 1380. The van der Waals surface area contributed by atoms with Crippen LogP contribution < -0.4 is 9.21 Å². The SMILES string of the molecule is CC(C)C(C(=O)O)N(c1ccc(-c2ccc(N(C)C(=O)c3cc4ccccc4o3)cc2)cc1)S(=O)O. The van der Waals surface area contributed by atoms with Crippen molar-refractivity contribution >= 4 is 45.5 Å². The molecule has 4 aromatic rings. The van der Waals surface area contributed by atoms with Gasteiger partial charge in [0.25, 0.3) is 17.2 Å². The Hall–Kier alpha value is -3.95. The Balaban J connectivity index is 1.53. The van der Waals surface area contributed by atoms with Gasteiger partial charge in [-0.05, 0) is 53.4 Å². The van der Waals surface area contributed by atoms with E-state index in [9.17, 15) is 23.5 Å². The molecule has 4 rings (SSSR count). The number of carboxylic acids is 1. The van der Waals surface area contributed by atoms with Crippen LogP contribution >= 0.6 is 0 Å². The van der Waals surface area contributed by atoms with Crippen molar-refractivity contribution in [1.29, 1.82) is 0 Å². The van der Waals surface area contributed by atoms with Gasteiger partial charge in [-0.25, -0.2) is 9.00 Å². The van der Waals surface area contributed by atoms with Crippen molar-refractivity contribution in [2.75, 3.05) is 16.3 Å². The molecule has 0 fully saturated rings. The molecule has 0 aliphatic rings. The van der Waals surface area contributed by atoms with Crippen LogP contribution in [0.1, 0.15) is 24.4 Å². The normalized spacial score (nSPS) is 12.9. The van der Waals surface area contributed by atoms with Crippen molar-refractivity contribution in [2.24, 2.45) is 5.92 Å². The molecular weight excluding hydrogens is 480 g/mol. The number of nitrogens with zero attached hydrogens (tertiary/aromatic N) is 2. The van der Waals surface area contributed by atoms with Crippen LogP contribution in [0.15, 0.2) is 83.3 Å². The second kappa shape index (κ2) is 10.3. The average molecular weight is 507 g/mol. The highest BCUT2D eigenvalue weighted by Gasteiger charge is 2.32. The van der Waals surface area contributed by atoms with E-state index in [4.69, 9.17) is 4.42 Å². The fraction of sp³-hybridized carbons (Fsp3) is 0.185. The maximum absolute atomic E-state index is 12.9. The highest BCUT2D eigenvalue weighted by Crippen LogP contribution is 2.29. The van der Waals surface area contributed by atoms with Crippen LogP contribution in [0.25, 0.3) is 22.1 Å². The first kappa shape index (κ1) is 25.2. The van der Waals surface area contributed by atoms with Gasteiger partial charge in [0.1, 0.15) is 11.6 Å². The van der Waals surface area contributed by atoms with Crippen molar-refractivity contribution in [3.63, 3.8) is 0 Å². The molecule has 0 saturated carbocycles. The number of carbonyl (C=O) groups excluding carboxylic acids is 1. The molecule has 1 amide bonds. The quantitative estimate of drug-likeness (QED) is 0.308. The number of aliphatic carboxylic acids is 1. The average Bonchev–Trinajstić information content (AvgIpc) is 3.30. The van der Waals surface area contributed by atoms with E-state index in [1.54, 1.807) is 51.2 Å². The minimum atomic E-state index is -2.50. The zero-order chi connectivity index (χ0) is 26.0. The van der Waals surface area contributed by atoms with E-state index in [0.717, 1.165) is 20.8 Å². The molecule has 36 heavy (non-hydrogen) atoms. The number of furan rings is 1. The van der Waals surface area contributed by atoms with E-state index in [1.807, 2.05) is 48.5 Å². The van der Waals surface area contributed by atoms with Crippen LogP contribution in [-0.4, -0.2) is 38.8 Å². The molecule has 0 saturated heterocycles. The van der Waals surface area contributed by atoms with Crippen molar-refractivity contribution in [2.45, 2.75) is 19.9 Å². The summed E-state index contributed by atoms with van der Waals surface area (Å²) in [5, 5.41) is 10.4. The number of rotatable bonds is 8. The monoisotopic (exact) mass is 506 g/mol. The van der Waals surface area contributed by atoms with Gasteiger partial charge in [0, 0.05) is 18.1 Å². The minimum absolute atomic E-state index is 0.255. The van der Waals surface area contributed by atoms with Crippen LogP contribution in [0.5, 0.6) is 0 Å². The lowest BCUT2D eigenvalue weighted by Gasteiger charge is -2.29. The number of benzene rings is 3. The lowest BCUT2D eigenvalue weighted by molar-refractivity contribution is -0.139. The number of carboxylic acid groups (broad SMARTS) is 1. The predicted molar refractivity (Wildman–Crippen MR) is 140 cm³/mol. The Labute approximate surface area is 211 Å². The second-order valence-corrected chi connectivity index (χ2v) is 9.54. The maximum atomic E-state index is 12.9. The summed E-state index contributed by atoms with van der Waals surface area (Å²) in [6.07, 6.45) is 0. The zero-order valence-corrected chi connectivity index (χ0v) is 20.8. The number of hydrogen-bond acceptors (Lipinski definition) is 4. The Morgan fingerprint density at radius 3 is 1.94 bits per heavy atom. The molecule has 0 aliphatic carbocycles. The van der Waals surface area contributed by atoms with Crippen molar-refractivity contribution in [3.8, 4) is 11.1 Å². The smallest absolute Gasteiger partial charge is 0.327 e. The first-order valence-corrected chi connectivity index (χ1v) is 12.3. The summed E-state index contributed by atoms with van der Waals surface area (Å²) in [6, 6.07) is 22.1. The number of fused-ring (bicyclic) bond motifs is 1. The van der Waals surface area contributed by atoms with Crippen LogP contribution in [0.3, 0.4) is 0 Å². The molecule has 0 bridgehead atoms. The largest absolute Gasteiger partial charge is 0.480 e. The molecule has 3 aromatic carbocycles. The fourth-order valence-corrected chi connectivity index (χ4v) is 4.88. The van der Waals surface area contributed by atoms with Gasteiger partial charge in [-0.1, -0.05) is 56.3 Å². The highest BCUT2D eigenvalue weighted by atomic mass is 32.2. The molecule has 2 unspecified atom stereocenters. The fourth-order valence-electron chi connectivity index (χ4n) is 4.05. The Morgan fingerprint density at radius 1 is 0.889 bits per heavy atom. The first-order chi connectivity index (χ1) is 17.2. The maximum Gasteiger partial charge on any atom is 0.327 e. The second-order valence-electron chi connectivity index (χ2n) is 8.69. The Morgan fingerprint density at radius 2 is 1.44 bits per heavy atom. The lowest BCUT2D eigenvalue weighted by atomic mass is 10.0. The standard InChI is InChI=1S/C27H26N2O6S/c1-17(2)25(27(31)32)29(36(33)34)22-14-10-19(11-15-22)18-8-12-21(13-9-18)28(3)26(30)24-16-20-6-4-5-7-23(20)35-24/h4-17,25H,1-3H3,(H,31,32)(H,33,34). The molecule has 2 atom stereocenters. The summed E-state index contributed by atoms with van der Waals surface area (Å²) >= 11 is -2.50. The topological polar surface area (TPSA) is 111 Å². The molecular formula is C27H26N2O6S. The number of para-hydroxylation sites is 1. The minimum Gasteiger partial charge on any atom is -0.480 e. The third kappa shape index (κ3) is 5.02. The number of hydrogen-bond donors (Lipinski definition) is 2. The molecule has 186 valence electrons. The summed E-state index contributed by atoms with van der Waals surface area (Å²) < 4.78 is 28.4. The van der Waals surface area contributed by atoms with Gasteiger partial charge in [0.15, 0.2) is 5.76 Å². The summed E-state index contributed by atoms with van der Waals surface area (Å²) in [6.45, 7) is 3.37. The van der Waals surface area contributed by atoms with E-state index >= 15 is 0 Å². The van der Waals surface area contributed by atoms with Crippen LogP contribution in [0.4, 0.5) is 11.4 Å². The van der Waals surface area contributed by atoms with Gasteiger partial charge >= 0.3 is 5.97 Å². The van der Waals surface area contributed by atoms with Gasteiger partial charge in [0.05, 0.1) is 5.69 Å². The van der Waals surface area contributed by atoms with Crippen molar-refractivity contribution in [3.05, 3.63) is 84.6 Å². The van der Waals surface area contributed by atoms with Gasteiger partial charge in [-0.15, -0.1) is 0 Å². The molecule has 2 N–H and O–H groups in total. The summed E-state index contributed by atoms with van der Waals surface area (Å²) in [5.74, 6) is -1.57. The summed E-state index contributed by atoms with van der Waals surface area (Å²) in [5.41, 5.74) is 3.36. The zero-order valence-electron chi connectivity index (χ0n) is 20.0. The first-order valence-electron chi connectivity index (χ1n) is 11.3. The lowest BCUT2D eigenvalue weighted by Crippen LogP contribution is -2.45. The van der Waals surface area contributed by atoms with Crippen LogP contribution in [0.2, 0.25) is 0 Å². The molecule has 1 aromatic heterocycles. The molecule has 0 spiro atoms. The van der Waals surface area contributed by atoms with Crippen molar-refractivity contribution < 1.29 is 27.9 Å². The van der Waals surface area contributed by atoms with E-state index in [1.165, 1.54) is 4.90 Å². The van der Waals surface area contributed by atoms with E-state index in [2.05, 4.69) is 0 Å². The van der Waals surface area contributed by atoms with Crippen molar-refractivity contribution in [1.82, 2.24) is 0 Å². The summed E-state index contributed by atoms with van der Waals surface area (Å²) in [7, 11) is 1.68. The predicted octanol–water partition coefficient (Wildman–Crippen LogP) is 5.43. The third-order valence-electron chi connectivity index (χ3n) is 5.96. The van der Waals surface area contributed by atoms with E-state index < -0.39 is 23.3 Å². The van der Waals surface area contributed by atoms with Crippen LogP contribution in [0, 0.1) is 5.92 Å². The molecule has 1 heterocycles. The van der Waals surface area contributed by atoms with E-state index in [-0.39, 0.29) is 17.6 Å². The molecule has 8 nitrogen and oxygen atoms in total. The molecule has 0 aliphatic heterocycles. The third-order valence-corrected chi connectivity index (χ3v) is 6.73. The number of anilines is 2. The van der Waals surface area contributed by atoms with Crippen LogP contribution in [-0.2, 0) is 16.1 Å². The van der Waals surface area contributed by atoms with E-state index in [0.29, 0.717) is 17.0 Å². The van der Waals surface area contributed by atoms with Gasteiger partial charge in [-0.3, -0.25) is 13.7 Å². The molecule has 9 heteroatoms. The Kier molecular flexibility index (Phi) is 7.23. The summed E-state index contributed by atoms with van der Waals surface area (Å²) in [4.78, 5) is 26.1. The van der Waals surface area contributed by atoms with Gasteiger partial charge in [0.2, 0.25) is 0 Å². The molecule has 0 radical (unpaired) electrons. The highest BCUT2D eigenvalue weighted by molar-refractivity contribution is 7.80. The van der Waals surface area contributed by atoms with Gasteiger partial charge in [-0.2, -0.15) is 0 Å². The van der Waals surface area contributed by atoms with Gasteiger partial charge < -0.3 is 14.4 Å². The number of carbonyl (C=O) groups is 2.